The first kappa shape index (κ1) is 18.8. The summed E-state index contributed by atoms with van der Waals surface area (Å²) in [6.45, 7) is 6.81. The number of thiophene rings is 1. The van der Waals surface area contributed by atoms with Crippen LogP contribution in [-0.4, -0.2) is 24.1 Å². The second-order valence-electron chi connectivity index (χ2n) is 7.40. The van der Waals surface area contributed by atoms with Crippen LogP contribution in [0.25, 0.3) is 0 Å². The van der Waals surface area contributed by atoms with Crippen LogP contribution in [0.3, 0.4) is 0 Å². The monoisotopic (exact) mass is 352 g/mol. The van der Waals surface area contributed by atoms with Crippen LogP contribution in [-0.2, 0) is 16.1 Å². The summed E-state index contributed by atoms with van der Waals surface area (Å²) in [5, 5.41) is 7.88. The fourth-order valence-corrected chi connectivity index (χ4v) is 3.55. The van der Waals surface area contributed by atoms with Gasteiger partial charge in [0.05, 0.1) is 6.54 Å². The topological polar surface area (TPSA) is 67.4 Å². The second kappa shape index (κ2) is 8.51. The van der Waals surface area contributed by atoms with Gasteiger partial charge in [-0.15, -0.1) is 11.3 Å². The van der Waals surface area contributed by atoms with Crippen molar-refractivity contribution in [1.29, 1.82) is 0 Å². The average Bonchev–Trinajstić information content (AvgIpc) is 3.03. The Kier molecular flexibility index (Phi) is 6.66. The van der Waals surface area contributed by atoms with Gasteiger partial charge >= 0.3 is 6.09 Å². The maximum Gasteiger partial charge on any atom is 0.407 e. The molecule has 0 bridgehead atoms. The van der Waals surface area contributed by atoms with Crippen LogP contribution in [0.1, 0.15) is 51.3 Å². The van der Waals surface area contributed by atoms with E-state index in [-0.39, 0.29) is 17.9 Å². The minimum atomic E-state index is -0.470. The number of carbonyl (C=O) groups excluding carboxylic acids is 2. The highest BCUT2D eigenvalue weighted by Crippen LogP contribution is 2.28. The highest BCUT2D eigenvalue weighted by Gasteiger charge is 2.26. The van der Waals surface area contributed by atoms with Crippen molar-refractivity contribution < 1.29 is 14.3 Å². The van der Waals surface area contributed by atoms with E-state index in [0.717, 1.165) is 25.7 Å². The molecule has 1 aromatic rings. The third-order valence-electron chi connectivity index (χ3n) is 4.17. The second-order valence-corrected chi connectivity index (χ2v) is 8.43. The number of nitrogens with one attached hydrogen (secondary N) is 2. The lowest BCUT2D eigenvalue weighted by molar-refractivity contribution is -0.126. The first-order valence-electron chi connectivity index (χ1n) is 8.60. The molecule has 0 unspecified atom stereocenters. The van der Waals surface area contributed by atoms with E-state index in [1.807, 2.05) is 38.3 Å². The average molecular weight is 353 g/mol. The summed E-state index contributed by atoms with van der Waals surface area (Å²) in [7, 11) is 0. The quantitative estimate of drug-likeness (QED) is 0.849. The number of hydrogen-bond donors (Lipinski definition) is 2. The van der Waals surface area contributed by atoms with Gasteiger partial charge in [-0.2, -0.15) is 0 Å². The molecule has 2 rings (SSSR count). The molecule has 0 atom stereocenters. The van der Waals surface area contributed by atoms with Gasteiger partial charge in [-0.3, -0.25) is 4.79 Å². The zero-order chi connectivity index (χ0) is 17.6. The van der Waals surface area contributed by atoms with E-state index in [1.165, 1.54) is 4.88 Å². The van der Waals surface area contributed by atoms with Gasteiger partial charge in [0.2, 0.25) is 5.91 Å². The summed E-state index contributed by atoms with van der Waals surface area (Å²) in [6, 6.07) is 4.03. The van der Waals surface area contributed by atoms with Gasteiger partial charge in [-0.25, -0.2) is 4.79 Å². The molecule has 1 aromatic heterocycles. The smallest absolute Gasteiger partial charge is 0.407 e. The van der Waals surface area contributed by atoms with Gasteiger partial charge in [0.25, 0.3) is 0 Å². The van der Waals surface area contributed by atoms with Crippen LogP contribution >= 0.6 is 11.3 Å². The Hall–Kier alpha value is -1.56. The van der Waals surface area contributed by atoms with Crippen LogP contribution in [0.5, 0.6) is 0 Å². The first-order valence-corrected chi connectivity index (χ1v) is 9.48. The van der Waals surface area contributed by atoms with Gasteiger partial charge in [0, 0.05) is 17.3 Å². The third-order valence-corrected chi connectivity index (χ3v) is 5.04. The van der Waals surface area contributed by atoms with Crippen LogP contribution in [0, 0.1) is 11.8 Å². The van der Waals surface area contributed by atoms with Crippen molar-refractivity contribution in [2.45, 2.75) is 58.6 Å². The summed E-state index contributed by atoms with van der Waals surface area (Å²) >= 11 is 1.66. The van der Waals surface area contributed by atoms with Crippen molar-refractivity contribution in [2.75, 3.05) is 6.54 Å². The van der Waals surface area contributed by atoms with Gasteiger partial charge < -0.3 is 15.4 Å². The summed E-state index contributed by atoms with van der Waals surface area (Å²) in [6.07, 6.45) is 3.34. The fourth-order valence-electron chi connectivity index (χ4n) is 2.90. The molecule has 2 N–H and O–H groups in total. The maximum atomic E-state index is 12.2. The Labute approximate surface area is 148 Å². The molecular weight excluding hydrogens is 324 g/mol. The van der Waals surface area contributed by atoms with Gasteiger partial charge in [-0.1, -0.05) is 6.07 Å². The zero-order valence-electron chi connectivity index (χ0n) is 14.8. The molecule has 1 aliphatic rings. The Bertz CT molecular complexity index is 529. The van der Waals surface area contributed by atoms with Crippen molar-refractivity contribution in [2.24, 2.45) is 11.8 Å². The van der Waals surface area contributed by atoms with Gasteiger partial charge in [-0.05, 0) is 63.8 Å². The number of amides is 2. The molecule has 0 aliphatic heterocycles. The Morgan fingerprint density at radius 2 is 1.92 bits per heavy atom. The number of hydrogen-bond acceptors (Lipinski definition) is 4. The molecule has 1 saturated carbocycles. The molecule has 24 heavy (non-hydrogen) atoms. The molecular formula is C18H28N2O3S. The zero-order valence-corrected chi connectivity index (χ0v) is 15.6. The lowest BCUT2D eigenvalue weighted by Crippen LogP contribution is -2.37. The van der Waals surface area contributed by atoms with Gasteiger partial charge in [0.15, 0.2) is 0 Å². The van der Waals surface area contributed by atoms with E-state index in [0.29, 0.717) is 19.0 Å². The lowest BCUT2D eigenvalue weighted by atomic mass is 9.81. The fraction of sp³-hybridized carbons (Fsp3) is 0.667. The molecule has 0 saturated heterocycles. The predicted octanol–water partition coefficient (Wildman–Crippen LogP) is 3.70. The van der Waals surface area contributed by atoms with E-state index in [9.17, 15) is 9.59 Å². The highest BCUT2D eigenvalue weighted by atomic mass is 32.1. The lowest BCUT2D eigenvalue weighted by Gasteiger charge is -2.28. The molecule has 1 heterocycles. The molecule has 1 fully saturated rings. The van der Waals surface area contributed by atoms with Crippen LogP contribution < -0.4 is 10.6 Å². The predicted molar refractivity (Wildman–Crippen MR) is 95.9 cm³/mol. The van der Waals surface area contributed by atoms with Gasteiger partial charge in [0.1, 0.15) is 5.60 Å². The first-order chi connectivity index (χ1) is 11.3. The van der Waals surface area contributed by atoms with Crippen molar-refractivity contribution in [3.8, 4) is 0 Å². The molecule has 0 aromatic carbocycles. The molecule has 134 valence electrons. The molecule has 6 heteroatoms. The van der Waals surface area contributed by atoms with Crippen molar-refractivity contribution >= 4 is 23.3 Å². The van der Waals surface area contributed by atoms with Crippen molar-refractivity contribution in [3.05, 3.63) is 22.4 Å². The van der Waals surface area contributed by atoms with E-state index in [1.54, 1.807) is 11.3 Å². The molecule has 0 radical (unpaired) electrons. The normalized spacial score (nSPS) is 21.1. The van der Waals surface area contributed by atoms with E-state index in [4.69, 9.17) is 4.74 Å². The Morgan fingerprint density at radius 1 is 1.21 bits per heavy atom. The van der Waals surface area contributed by atoms with E-state index >= 15 is 0 Å². The minimum Gasteiger partial charge on any atom is -0.444 e. The summed E-state index contributed by atoms with van der Waals surface area (Å²) in [5.41, 5.74) is -0.470. The SMILES string of the molecule is CC(C)(C)OC(=O)NCC1CCC(C(=O)NCc2cccs2)CC1. The van der Waals surface area contributed by atoms with Crippen LogP contribution in [0.4, 0.5) is 4.79 Å². The molecule has 1 aliphatic carbocycles. The number of ether oxygens (including phenoxy) is 1. The third kappa shape index (κ3) is 6.51. The standard InChI is InChI=1S/C18H28N2O3S/c1-18(2,3)23-17(22)20-11-13-6-8-14(9-7-13)16(21)19-12-15-5-4-10-24-15/h4-5,10,13-14H,6-9,11-12H2,1-3H3,(H,19,21)(H,20,22). The minimum absolute atomic E-state index is 0.0998. The number of rotatable bonds is 5. The summed E-state index contributed by atoms with van der Waals surface area (Å²) in [4.78, 5) is 25.1. The largest absolute Gasteiger partial charge is 0.444 e. The van der Waals surface area contributed by atoms with Crippen molar-refractivity contribution in [3.63, 3.8) is 0 Å². The molecule has 0 spiro atoms. The van der Waals surface area contributed by atoms with E-state index in [2.05, 4.69) is 10.6 Å². The number of alkyl carbamates (subject to hydrolysis) is 1. The maximum absolute atomic E-state index is 12.2. The van der Waals surface area contributed by atoms with Crippen LogP contribution in [0.2, 0.25) is 0 Å². The van der Waals surface area contributed by atoms with Crippen LogP contribution in [0.15, 0.2) is 17.5 Å². The molecule has 2 amide bonds. The number of carbonyl (C=O) groups is 2. The van der Waals surface area contributed by atoms with E-state index < -0.39 is 5.60 Å². The Balaban J connectivity index is 1.64. The Morgan fingerprint density at radius 3 is 2.50 bits per heavy atom. The molecule has 5 nitrogen and oxygen atoms in total. The summed E-state index contributed by atoms with van der Waals surface area (Å²) < 4.78 is 5.24. The highest BCUT2D eigenvalue weighted by molar-refractivity contribution is 7.09. The summed E-state index contributed by atoms with van der Waals surface area (Å²) in [5.74, 6) is 0.684. The van der Waals surface area contributed by atoms with Crippen molar-refractivity contribution in [1.82, 2.24) is 10.6 Å².